The Bertz CT molecular complexity index is 1190. The van der Waals surface area contributed by atoms with Gasteiger partial charge in [-0.1, -0.05) is 35.9 Å². The number of alkyl halides is 3. The molecule has 0 saturated carbocycles. The van der Waals surface area contributed by atoms with Crippen LogP contribution in [0.2, 0.25) is 5.02 Å². The van der Waals surface area contributed by atoms with Gasteiger partial charge in [-0.15, -0.1) is 0 Å². The number of nitrogens with zero attached hydrogens (tertiary/aromatic N) is 2. The van der Waals surface area contributed by atoms with Crippen LogP contribution in [0.25, 0.3) is 0 Å². The van der Waals surface area contributed by atoms with Gasteiger partial charge in [0.2, 0.25) is 0 Å². The maximum atomic E-state index is 13.4. The lowest BCUT2D eigenvalue weighted by Gasteiger charge is -2.52. The summed E-state index contributed by atoms with van der Waals surface area (Å²) >= 11 is 5.97. The molecule has 0 radical (unpaired) electrons. The number of halogens is 4. The third-order valence-electron chi connectivity index (χ3n) is 5.60. The fourth-order valence-corrected chi connectivity index (χ4v) is 4.11. The van der Waals surface area contributed by atoms with Crippen molar-refractivity contribution in [2.24, 2.45) is 0 Å². The number of methoxy groups -OCH3 is 1. The molecule has 1 saturated heterocycles. The molecule has 162 valence electrons. The van der Waals surface area contributed by atoms with Crippen LogP contribution in [0.15, 0.2) is 72.8 Å². The summed E-state index contributed by atoms with van der Waals surface area (Å²) in [6.07, 6.45) is -4.49. The molecule has 0 aliphatic carbocycles. The highest BCUT2D eigenvalue weighted by atomic mass is 35.5. The van der Waals surface area contributed by atoms with Gasteiger partial charge < -0.3 is 9.64 Å². The van der Waals surface area contributed by atoms with Crippen molar-refractivity contribution < 1.29 is 22.7 Å². The Kier molecular flexibility index (Phi) is 5.35. The molecular formula is C24H16ClF3N2O2. The van der Waals surface area contributed by atoms with E-state index in [4.69, 9.17) is 16.3 Å². The van der Waals surface area contributed by atoms with E-state index in [1.807, 2.05) is 0 Å². The molecule has 4 nitrogen and oxygen atoms in total. The summed E-state index contributed by atoms with van der Waals surface area (Å²) in [6, 6.07) is 18.8. The summed E-state index contributed by atoms with van der Waals surface area (Å²) in [7, 11) is 1.51. The molecule has 0 aromatic heterocycles. The Morgan fingerprint density at radius 2 is 1.59 bits per heavy atom. The highest BCUT2D eigenvalue weighted by molar-refractivity contribution is 6.30. The molecule has 0 unspecified atom stereocenters. The third-order valence-corrected chi connectivity index (χ3v) is 5.86. The standard InChI is InChI=1S/C24H16ClF3N2O2/c1-32-20-12-10-19(11-13-20)30-21(15-2-4-17(5-3-15)24(26,27)28)23(14-29,22(30)31)16-6-8-18(25)9-7-16/h2-13,21H,1H3/t21-,23-/m1/s1. The number of anilines is 1. The Morgan fingerprint density at radius 1 is 1.00 bits per heavy atom. The molecule has 8 heteroatoms. The maximum absolute atomic E-state index is 13.4. The monoisotopic (exact) mass is 456 g/mol. The molecule has 1 aliphatic heterocycles. The molecule has 1 amide bonds. The number of nitriles is 1. The number of ether oxygens (including phenoxy) is 1. The zero-order chi connectivity index (χ0) is 23.1. The molecule has 3 aromatic carbocycles. The molecule has 0 bridgehead atoms. The highest BCUT2D eigenvalue weighted by Crippen LogP contribution is 2.53. The Labute approximate surface area is 187 Å². The number of benzene rings is 3. The average molecular weight is 457 g/mol. The molecule has 32 heavy (non-hydrogen) atoms. The van der Waals surface area contributed by atoms with E-state index in [9.17, 15) is 23.2 Å². The van der Waals surface area contributed by atoms with Gasteiger partial charge in [-0.2, -0.15) is 18.4 Å². The molecular weight excluding hydrogens is 441 g/mol. The van der Waals surface area contributed by atoms with Crippen LogP contribution in [0.1, 0.15) is 22.7 Å². The highest BCUT2D eigenvalue weighted by Gasteiger charge is 2.63. The predicted octanol–water partition coefficient (Wildman–Crippen LogP) is 5.92. The Hall–Kier alpha value is -3.50. The first-order chi connectivity index (χ1) is 15.2. The lowest BCUT2D eigenvalue weighted by Crippen LogP contribution is -2.66. The maximum Gasteiger partial charge on any atom is 0.416 e. The van der Waals surface area contributed by atoms with E-state index < -0.39 is 29.1 Å². The normalized spacial score (nSPS) is 20.4. The van der Waals surface area contributed by atoms with Crippen molar-refractivity contribution in [1.29, 1.82) is 5.26 Å². The van der Waals surface area contributed by atoms with Gasteiger partial charge in [0.05, 0.1) is 24.8 Å². The minimum atomic E-state index is -4.49. The summed E-state index contributed by atoms with van der Waals surface area (Å²) in [5, 5.41) is 10.6. The molecule has 3 aromatic rings. The first-order valence-corrected chi connectivity index (χ1v) is 9.92. The van der Waals surface area contributed by atoms with E-state index in [1.54, 1.807) is 48.5 Å². The van der Waals surface area contributed by atoms with E-state index >= 15 is 0 Å². The second-order valence-corrected chi connectivity index (χ2v) is 7.76. The molecule has 1 heterocycles. The minimum Gasteiger partial charge on any atom is -0.497 e. The zero-order valence-electron chi connectivity index (χ0n) is 16.7. The van der Waals surface area contributed by atoms with E-state index in [0.717, 1.165) is 12.1 Å². The van der Waals surface area contributed by atoms with Crippen molar-refractivity contribution in [2.75, 3.05) is 12.0 Å². The summed E-state index contributed by atoms with van der Waals surface area (Å²) in [4.78, 5) is 14.8. The molecule has 0 N–H and O–H groups in total. The zero-order valence-corrected chi connectivity index (χ0v) is 17.5. The van der Waals surface area contributed by atoms with Crippen LogP contribution in [0.5, 0.6) is 5.75 Å². The summed E-state index contributed by atoms with van der Waals surface area (Å²) in [5.74, 6) is 0.106. The minimum absolute atomic E-state index is 0.407. The number of hydrogen-bond acceptors (Lipinski definition) is 3. The van der Waals surface area contributed by atoms with Crippen molar-refractivity contribution in [1.82, 2.24) is 0 Å². The first-order valence-electron chi connectivity index (χ1n) is 9.54. The number of carbonyl (C=O) groups excluding carboxylic acids is 1. The van der Waals surface area contributed by atoms with Crippen LogP contribution >= 0.6 is 11.6 Å². The van der Waals surface area contributed by atoms with Gasteiger partial charge in [-0.3, -0.25) is 4.79 Å². The fraction of sp³-hybridized carbons (Fsp3) is 0.167. The summed E-state index contributed by atoms with van der Waals surface area (Å²) in [6.45, 7) is 0. The SMILES string of the molecule is COc1ccc(N2C(=O)[C@](C#N)(c3ccc(Cl)cc3)[C@H]2c2ccc(C(F)(F)F)cc2)cc1. The first kappa shape index (κ1) is 21.7. The third kappa shape index (κ3) is 3.37. The van der Waals surface area contributed by atoms with Crippen molar-refractivity contribution >= 4 is 23.2 Å². The number of hydrogen-bond donors (Lipinski definition) is 0. The summed E-state index contributed by atoms with van der Waals surface area (Å²) in [5.41, 5.74) is -1.09. The van der Waals surface area contributed by atoms with Gasteiger partial charge in [-0.05, 0) is 59.7 Å². The summed E-state index contributed by atoms with van der Waals surface area (Å²) < 4.78 is 44.4. The fourth-order valence-electron chi connectivity index (χ4n) is 3.98. The molecule has 1 aliphatic rings. The van der Waals surface area contributed by atoms with Crippen molar-refractivity contribution in [3.05, 3.63) is 94.5 Å². The lowest BCUT2D eigenvalue weighted by atomic mass is 9.64. The predicted molar refractivity (Wildman–Crippen MR) is 113 cm³/mol. The van der Waals surface area contributed by atoms with Gasteiger partial charge in [0.1, 0.15) is 5.75 Å². The van der Waals surface area contributed by atoms with Gasteiger partial charge in [0.25, 0.3) is 5.91 Å². The number of carbonyl (C=O) groups is 1. The second kappa shape index (κ2) is 7.88. The molecule has 1 fully saturated rings. The Morgan fingerprint density at radius 3 is 2.09 bits per heavy atom. The van der Waals surface area contributed by atoms with Crippen LogP contribution < -0.4 is 9.64 Å². The van der Waals surface area contributed by atoms with Crippen LogP contribution in [0, 0.1) is 11.3 Å². The van der Waals surface area contributed by atoms with Crippen LogP contribution in [0.4, 0.5) is 18.9 Å². The van der Waals surface area contributed by atoms with Crippen molar-refractivity contribution in [3.8, 4) is 11.8 Å². The van der Waals surface area contributed by atoms with Crippen LogP contribution in [0.3, 0.4) is 0 Å². The Balaban J connectivity index is 1.85. The van der Waals surface area contributed by atoms with Gasteiger partial charge in [-0.25, -0.2) is 0 Å². The van der Waals surface area contributed by atoms with E-state index in [1.165, 1.54) is 24.1 Å². The van der Waals surface area contributed by atoms with Crippen LogP contribution in [-0.4, -0.2) is 13.0 Å². The second-order valence-electron chi connectivity index (χ2n) is 7.32. The van der Waals surface area contributed by atoms with E-state index in [0.29, 0.717) is 27.6 Å². The topological polar surface area (TPSA) is 53.3 Å². The van der Waals surface area contributed by atoms with Crippen molar-refractivity contribution in [3.63, 3.8) is 0 Å². The van der Waals surface area contributed by atoms with E-state index in [-0.39, 0.29) is 0 Å². The van der Waals surface area contributed by atoms with Crippen LogP contribution in [-0.2, 0) is 16.4 Å². The van der Waals surface area contributed by atoms with Gasteiger partial charge >= 0.3 is 6.18 Å². The number of β-lactam (4-membered cyclic amide) rings is 1. The van der Waals surface area contributed by atoms with E-state index in [2.05, 4.69) is 6.07 Å². The molecule has 4 rings (SSSR count). The quantitative estimate of drug-likeness (QED) is 0.458. The largest absolute Gasteiger partial charge is 0.497 e. The van der Waals surface area contributed by atoms with Gasteiger partial charge in [0.15, 0.2) is 5.41 Å². The lowest BCUT2D eigenvalue weighted by molar-refractivity contribution is -0.137. The number of amides is 1. The molecule has 0 spiro atoms. The molecule has 2 atom stereocenters. The smallest absolute Gasteiger partial charge is 0.416 e. The van der Waals surface area contributed by atoms with Crippen molar-refractivity contribution in [2.45, 2.75) is 17.6 Å². The van der Waals surface area contributed by atoms with Gasteiger partial charge in [0, 0.05) is 10.7 Å². The number of rotatable bonds is 4. The average Bonchev–Trinajstić information content (AvgIpc) is 2.79.